The van der Waals surface area contributed by atoms with Crippen LogP contribution in [0.25, 0.3) is 0 Å². The summed E-state index contributed by atoms with van der Waals surface area (Å²) in [4.78, 5) is 9.43. The van der Waals surface area contributed by atoms with Crippen molar-refractivity contribution < 1.29 is 4.79 Å². The summed E-state index contributed by atoms with van der Waals surface area (Å²) in [6.07, 6.45) is 0. The number of halogens is 1. The summed E-state index contributed by atoms with van der Waals surface area (Å²) in [7, 11) is 0. The SMILES string of the molecule is CC(=O)I.[Na]. The maximum absolute atomic E-state index is 9.43. The predicted octanol–water partition coefficient (Wildman–Crippen LogP) is 0.587. The number of rotatable bonds is 0. The molecule has 0 aliphatic heterocycles. The fraction of sp³-hybridized carbons (Fsp3) is 0.500. The van der Waals surface area contributed by atoms with E-state index in [-0.39, 0.29) is 33.3 Å². The van der Waals surface area contributed by atoms with Gasteiger partial charge in [0.05, 0.1) is 0 Å². The molecule has 3 heteroatoms. The minimum absolute atomic E-state index is 0. The molecular weight excluding hydrogens is 190 g/mol. The van der Waals surface area contributed by atoms with E-state index in [9.17, 15) is 4.79 Å². The van der Waals surface area contributed by atoms with E-state index in [0.717, 1.165) is 0 Å². The van der Waals surface area contributed by atoms with E-state index >= 15 is 0 Å². The van der Waals surface area contributed by atoms with Gasteiger partial charge in [0.2, 0.25) is 0 Å². The average molecular weight is 193 g/mol. The molecule has 0 saturated heterocycles. The Kier molecular flexibility index (Phi) is 10.4. The van der Waals surface area contributed by atoms with Crippen molar-refractivity contribution >= 4 is 55.9 Å². The number of carbonyl (C=O) groups excluding carboxylic acids is 1. The van der Waals surface area contributed by atoms with Crippen molar-refractivity contribution in [2.75, 3.05) is 0 Å². The monoisotopic (exact) mass is 193 g/mol. The van der Waals surface area contributed by atoms with Crippen LogP contribution in [0.1, 0.15) is 6.92 Å². The Morgan fingerprint density at radius 1 is 1.80 bits per heavy atom. The van der Waals surface area contributed by atoms with E-state index in [2.05, 4.69) is 0 Å². The maximum atomic E-state index is 9.43. The topological polar surface area (TPSA) is 17.1 Å². The Hall–Kier alpha value is 1.40. The molecule has 25 valence electrons. The Morgan fingerprint density at radius 2 is 1.80 bits per heavy atom. The molecule has 0 fully saturated rings. The molecule has 0 aromatic carbocycles. The van der Waals surface area contributed by atoms with Crippen LogP contribution in [-0.4, -0.2) is 33.3 Å². The van der Waals surface area contributed by atoms with E-state index in [4.69, 9.17) is 0 Å². The molecule has 0 aromatic heterocycles. The minimum Gasteiger partial charge on any atom is -0.288 e. The molecule has 0 aromatic rings. The first-order chi connectivity index (χ1) is 1.73. The molecular formula is C2H3INaO. The summed E-state index contributed by atoms with van der Waals surface area (Å²) < 4.78 is 0.137. The molecule has 1 radical (unpaired) electrons. The summed E-state index contributed by atoms with van der Waals surface area (Å²) in [5, 5.41) is 0. The van der Waals surface area contributed by atoms with Crippen molar-refractivity contribution in [3.05, 3.63) is 0 Å². The van der Waals surface area contributed by atoms with Crippen LogP contribution in [0, 0.1) is 0 Å². The second kappa shape index (κ2) is 5.40. The summed E-state index contributed by atoms with van der Waals surface area (Å²) in [6.45, 7) is 1.51. The van der Waals surface area contributed by atoms with Crippen LogP contribution in [0.4, 0.5) is 0 Å². The Morgan fingerprint density at radius 3 is 1.80 bits per heavy atom. The van der Waals surface area contributed by atoms with Gasteiger partial charge in [-0.2, -0.15) is 0 Å². The van der Waals surface area contributed by atoms with Gasteiger partial charge in [-0.25, -0.2) is 0 Å². The fourth-order valence-electron chi connectivity index (χ4n) is 0. The van der Waals surface area contributed by atoms with Crippen molar-refractivity contribution in [2.45, 2.75) is 6.92 Å². The van der Waals surface area contributed by atoms with Gasteiger partial charge in [-0.1, -0.05) is 0 Å². The first kappa shape index (κ1) is 9.64. The third-order valence-corrected chi connectivity index (χ3v) is 0. The van der Waals surface area contributed by atoms with E-state index in [1.807, 2.05) is 0 Å². The first-order valence-electron chi connectivity index (χ1n) is 0.893. The van der Waals surface area contributed by atoms with Gasteiger partial charge in [-0.15, -0.1) is 0 Å². The van der Waals surface area contributed by atoms with E-state index < -0.39 is 0 Å². The molecule has 1 nitrogen and oxygen atoms in total. The fourth-order valence-corrected chi connectivity index (χ4v) is 0. The second-order valence-corrected chi connectivity index (χ2v) is 1.99. The molecule has 0 rings (SSSR count). The zero-order valence-corrected chi connectivity index (χ0v) is 7.44. The summed E-state index contributed by atoms with van der Waals surface area (Å²) in [5.74, 6) is 0. The van der Waals surface area contributed by atoms with Gasteiger partial charge >= 0.3 is 0 Å². The van der Waals surface area contributed by atoms with Crippen molar-refractivity contribution in [1.82, 2.24) is 0 Å². The smallest absolute Gasteiger partial charge is 0.189 e. The zero-order valence-electron chi connectivity index (χ0n) is 3.29. The van der Waals surface area contributed by atoms with Crippen molar-refractivity contribution in [2.24, 2.45) is 0 Å². The second-order valence-electron chi connectivity index (χ2n) is 0.470. The maximum Gasteiger partial charge on any atom is 0.189 e. The third-order valence-electron chi connectivity index (χ3n) is 0. The van der Waals surface area contributed by atoms with Gasteiger partial charge in [-0.05, 0) is 22.6 Å². The molecule has 0 unspecified atom stereocenters. The summed E-state index contributed by atoms with van der Waals surface area (Å²) in [6, 6.07) is 0. The van der Waals surface area contributed by atoms with Crippen LogP contribution < -0.4 is 0 Å². The van der Waals surface area contributed by atoms with Crippen LogP contribution >= 0.6 is 22.6 Å². The van der Waals surface area contributed by atoms with E-state index in [1.165, 1.54) is 6.92 Å². The van der Waals surface area contributed by atoms with E-state index in [0.29, 0.717) is 0 Å². The molecule has 0 amide bonds. The Balaban J connectivity index is 0. The van der Waals surface area contributed by atoms with Crippen LogP contribution in [0.2, 0.25) is 0 Å². The number of carbonyl (C=O) groups is 1. The van der Waals surface area contributed by atoms with Crippen LogP contribution in [0.5, 0.6) is 0 Å². The van der Waals surface area contributed by atoms with Crippen molar-refractivity contribution in [3.8, 4) is 0 Å². The predicted molar refractivity (Wildman–Crippen MR) is 30.5 cm³/mol. The van der Waals surface area contributed by atoms with Gasteiger partial charge in [0.15, 0.2) is 3.79 Å². The molecule has 0 aliphatic rings. The standard InChI is InChI=1S/C2H3IO.Na/c1-2(3)4;/h1H3;. The quantitative estimate of drug-likeness (QED) is 0.312. The Labute approximate surface area is 66.9 Å². The third kappa shape index (κ3) is 31.8. The first-order valence-corrected chi connectivity index (χ1v) is 1.97. The van der Waals surface area contributed by atoms with Gasteiger partial charge in [0.1, 0.15) is 0 Å². The molecule has 0 spiro atoms. The normalized spacial score (nSPS) is 5.20. The van der Waals surface area contributed by atoms with Gasteiger partial charge in [0.25, 0.3) is 0 Å². The van der Waals surface area contributed by atoms with Gasteiger partial charge in [0, 0.05) is 36.5 Å². The zero-order chi connectivity index (χ0) is 3.58. The molecule has 0 heterocycles. The van der Waals surface area contributed by atoms with Crippen LogP contribution in [0.3, 0.4) is 0 Å². The number of hydrogen-bond donors (Lipinski definition) is 0. The van der Waals surface area contributed by atoms with Crippen molar-refractivity contribution in [3.63, 3.8) is 0 Å². The molecule has 5 heavy (non-hydrogen) atoms. The van der Waals surface area contributed by atoms with Gasteiger partial charge in [-0.3, -0.25) is 4.79 Å². The molecule has 0 aliphatic carbocycles. The van der Waals surface area contributed by atoms with Crippen molar-refractivity contribution in [1.29, 1.82) is 0 Å². The van der Waals surface area contributed by atoms with Crippen LogP contribution in [-0.2, 0) is 4.79 Å². The number of hydrogen-bond acceptors (Lipinski definition) is 1. The summed E-state index contributed by atoms with van der Waals surface area (Å²) in [5.41, 5.74) is 0. The largest absolute Gasteiger partial charge is 0.288 e. The average Bonchev–Trinajstić information content (AvgIpc) is 0.811. The molecule has 0 bridgehead atoms. The molecule has 0 N–H and O–H groups in total. The molecule has 0 saturated carbocycles. The Bertz CT molecular complexity index is 32.6. The van der Waals surface area contributed by atoms with Gasteiger partial charge < -0.3 is 0 Å². The molecule has 0 atom stereocenters. The minimum atomic E-state index is 0. The summed E-state index contributed by atoms with van der Waals surface area (Å²) >= 11 is 1.70. The van der Waals surface area contributed by atoms with Crippen LogP contribution in [0.15, 0.2) is 0 Å². The van der Waals surface area contributed by atoms with E-state index in [1.54, 1.807) is 22.6 Å².